The van der Waals surface area contributed by atoms with E-state index in [1.807, 2.05) is 48.5 Å². The van der Waals surface area contributed by atoms with Crippen LogP contribution in [0.3, 0.4) is 0 Å². The molecule has 0 radical (unpaired) electrons. The van der Waals surface area contributed by atoms with Gasteiger partial charge in [0.25, 0.3) is 0 Å². The van der Waals surface area contributed by atoms with E-state index in [0.29, 0.717) is 4.31 Å². The lowest BCUT2D eigenvalue weighted by molar-refractivity contribution is -0.146. The Balaban J connectivity index is 1.52. The fourth-order valence-electron chi connectivity index (χ4n) is 4.34. The van der Waals surface area contributed by atoms with E-state index in [4.69, 9.17) is 4.74 Å². The molecular weight excluding hydrogens is 484 g/mol. The van der Waals surface area contributed by atoms with E-state index in [-0.39, 0.29) is 23.1 Å². The average Bonchev–Trinajstić information content (AvgIpc) is 3.21. The number of hydrogen-bond donors (Lipinski definition) is 2. The monoisotopic (exact) mass is 510 g/mol. The van der Waals surface area contributed by atoms with Gasteiger partial charge in [0.2, 0.25) is 10.0 Å². The van der Waals surface area contributed by atoms with E-state index in [9.17, 15) is 23.1 Å². The number of nitrogens with zero attached hydrogens (tertiary/aromatic N) is 1. The minimum atomic E-state index is -4.29. The van der Waals surface area contributed by atoms with Crippen molar-refractivity contribution in [3.05, 3.63) is 83.9 Å². The summed E-state index contributed by atoms with van der Waals surface area (Å²) >= 11 is 0. The van der Waals surface area contributed by atoms with Gasteiger partial charge in [-0.2, -0.15) is 4.31 Å². The third-order valence-electron chi connectivity index (χ3n) is 6.21. The van der Waals surface area contributed by atoms with Crippen molar-refractivity contribution in [3.63, 3.8) is 0 Å². The summed E-state index contributed by atoms with van der Waals surface area (Å²) in [5.74, 6) is -1.07. The van der Waals surface area contributed by atoms with Gasteiger partial charge in [0.05, 0.1) is 19.4 Å². The molecule has 0 aromatic heterocycles. The Morgan fingerprint density at radius 3 is 2.11 bits per heavy atom. The van der Waals surface area contributed by atoms with E-state index in [1.165, 1.54) is 18.2 Å². The molecule has 0 fully saturated rings. The molecule has 1 aliphatic carbocycles. The molecule has 0 spiro atoms. The van der Waals surface area contributed by atoms with Crippen LogP contribution in [0.5, 0.6) is 0 Å². The average molecular weight is 511 g/mol. The molecule has 0 saturated heterocycles. The molecule has 10 heteroatoms. The summed E-state index contributed by atoms with van der Waals surface area (Å²) in [4.78, 5) is 24.4. The molecule has 188 valence electrons. The van der Waals surface area contributed by atoms with Crippen LogP contribution in [0.1, 0.15) is 17.0 Å². The third kappa shape index (κ3) is 4.70. The maximum absolute atomic E-state index is 13.2. The van der Waals surface area contributed by atoms with Crippen LogP contribution in [0, 0.1) is 0 Å². The normalized spacial score (nSPS) is 13.6. The fraction of sp³-hybridized carbons (Fsp3) is 0.231. The molecule has 0 bridgehead atoms. The van der Waals surface area contributed by atoms with Gasteiger partial charge in [-0.25, -0.2) is 13.2 Å². The Bertz CT molecular complexity index is 1340. The lowest BCUT2D eigenvalue weighted by Gasteiger charge is -2.25. The summed E-state index contributed by atoms with van der Waals surface area (Å²) in [7, 11) is -2.04. The molecule has 1 atom stereocenters. The third-order valence-corrected chi connectivity index (χ3v) is 8.13. The molecule has 1 amide bonds. The van der Waals surface area contributed by atoms with Gasteiger partial charge in [0.15, 0.2) is 0 Å². The van der Waals surface area contributed by atoms with Gasteiger partial charge in [-0.05, 0) is 34.4 Å². The molecule has 3 aromatic carbocycles. The second-order valence-corrected chi connectivity index (χ2v) is 10.2. The number of aliphatic hydroxyl groups is 1. The summed E-state index contributed by atoms with van der Waals surface area (Å²) in [6.45, 7) is -0.714. The second-order valence-electron chi connectivity index (χ2n) is 8.19. The number of ether oxygens (including phenoxy) is 2. The van der Waals surface area contributed by atoms with Gasteiger partial charge in [-0.1, -0.05) is 60.7 Å². The molecule has 0 saturated carbocycles. The van der Waals surface area contributed by atoms with Crippen LogP contribution in [0.15, 0.2) is 77.7 Å². The zero-order valence-corrected chi connectivity index (χ0v) is 20.6. The summed E-state index contributed by atoms with van der Waals surface area (Å²) in [5.41, 5.74) is 4.25. The molecular formula is C26H26N2O7S. The standard InChI is InChI=1S/C26H26N2O7S/c1-28(23(15-29)25(30)34-2)36(32,33)24-14-8-7-13-22(24)27-26(31)35-16-21-19-11-5-3-9-17(19)18-10-4-6-12-20(18)21/h3-14,21,23,29H,15-16H2,1-2H3,(H,27,31). The Labute approximate surface area is 209 Å². The molecule has 4 rings (SSSR count). The first-order chi connectivity index (χ1) is 17.3. The van der Waals surface area contributed by atoms with E-state index >= 15 is 0 Å². The number of aliphatic hydroxyl groups excluding tert-OH is 1. The van der Waals surface area contributed by atoms with Crippen molar-refractivity contribution in [3.8, 4) is 11.1 Å². The van der Waals surface area contributed by atoms with Crippen molar-refractivity contribution < 1.29 is 32.6 Å². The number of hydrogen-bond acceptors (Lipinski definition) is 7. The SMILES string of the molecule is COC(=O)C(CO)N(C)S(=O)(=O)c1ccccc1NC(=O)OCC1c2ccccc2-c2ccccc21. The van der Waals surface area contributed by atoms with Crippen LogP contribution in [-0.4, -0.2) is 63.3 Å². The number of nitrogens with one attached hydrogen (secondary N) is 1. The molecule has 2 N–H and O–H groups in total. The van der Waals surface area contributed by atoms with Crippen LogP contribution in [-0.2, 0) is 24.3 Å². The highest BCUT2D eigenvalue weighted by molar-refractivity contribution is 7.89. The maximum Gasteiger partial charge on any atom is 0.411 e. The summed E-state index contributed by atoms with van der Waals surface area (Å²) in [5, 5.41) is 12.0. The van der Waals surface area contributed by atoms with Gasteiger partial charge >= 0.3 is 12.1 Å². The van der Waals surface area contributed by atoms with E-state index in [0.717, 1.165) is 36.4 Å². The van der Waals surface area contributed by atoms with E-state index < -0.39 is 34.7 Å². The minimum absolute atomic E-state index is 0.0249. The highest BCUT2D eigenvalue weighted by Crippen LogP contribution is 2.44. The molecule has 0 aliphatic heterocycles. The number of anilines is 1. The van der Waals surface area contributed by atoms with Gasteiger partial charge in [0, 0.05) is 13.0 Å². The summed E-state index contributed by atoms with van der Waals surface area (Å²) < 4.78 is 37.2. The number of fused-ring (bicyclic) bond motifs is 3. The van der Waals surface area contributed by atoms with Crippen molar-refractivity contribution in [1.29, 1.82) is 0 Å². The first-order valence-corrected chi connectivity index (χ1v) is 12.6. The van der Waals surface area contributed by atoms with Crippen LogP contribution in [0.2, 0.25) is 0 Å². The number of amides is 1. The molecule has 1 unspecified atom stereocenters. The number of para-hydroxylation sites is 1. The largest absolute Gasteiger partial charge is 0.468 e. The molecule has 9 nitrogen and oxygen atoms in total. The summed E-state index contributed by atoms with van der Waals surface area (Å²) in [6, 6.07) is 20.1. The molecule has 3 aromatic rings. The highest BCUT2D eigenvalue weighted by atomic mass is 32.2. The Kier molecular flexibility index (Phi) is 7.39. The maximum atomic E-state index is 13.2. The van der Waals surface area contributed by atoms with E-state index in [2.05, 4.69) is 10.1 Å². The van der Waals surface area contributed by atoms with Crippen molar-refractivity contribution in [1.82, 2.24) is 4.31 Å². The first-order valence-electron chi connectivity index (χ1n) is 11.2. The number of carbonyl (C=O) groups excluding carboxylic acids is 2. The number of carbonyl (C=O) groups is 2. The van der Waals surface area contributed by atoms with Crippen molar-refractivity contribution in [2.45, 2.75) is 16.9 Å². The lowest BCUT2D eigenvalue weighted by atomic mass is 9.98. The van der Waals surface area contributed by atoms with Gasteiger partial charge in [0.1, 0.15) is 17.5 Å². The number of sulfonamides is 1. The summed E-state index contributed by atoms with van der Waals surface area (Å²) in [6.07, 6.45) is -0.825. The minimum Gasteiger partial charge on any atom is -0.468 e. The van der Waals surface area contributed by atoms with Gasteiger partial charge in [-0.3, -0.25) is 10.1 Å². The zero-order chi connectivity index (χ0) is 25.9. The predicted octanol–water partition coefficient (Wildman–Crippen LogP) is 3.20. The molecule has 0 heterocycles. The number of rotatable bonds is 8. The van der Waals surface area contributed by atoms with Crippen molar-refractivity contribution in [2.24, 2.45) is 0 Å². The van der Waals surface area contributed by atoms with Gasteiger partial charge in [-0.15, -0.1) is 0 Å². The second kappa shape index (κ2) is 10.5. The molecule has 1 aliphatic rings. The van der Waals surface area contributed by atoms with Crippen LogP contribution in [0.4, 0.5) is 10.5 Å². The quantitative estimate of drug-likeness (QED) is 0.446. The smallest absolute Gasteiger partial charge is 0.411 e. The number of benzene rings is 3. The number of methoxy groups -OCH3 is 1. The van der Waals surface area contributed by atoms with Crippen LogP contribution in [0.25, 0.3) is 11.1 Å². The number of esters is 1. The van der Waals surface area contributed by atoms with Crippen molar-refractivity contribution in [2.75, 3.05) is 32.7 Å². The first kappa shape index (κ1) is 25.4. The van der Waals surface area contributed by atoms with Crippen molar-refractivity contribution >= 4 is 27.8 Å². The fourth-order valence-corrected chi connectivity index (χ4v) is 5.78. The molecule has 36 heavy (non-hydrogen) atoms. The predicted molar refractivity (Wildman–Crippen MR) is 133 cm³/mol. The van der Waals surface area contributed by atoms with Crippen LogP contribution >= 0.6 is 0 Å². The lowest BCUT2D eigenvalue weighted by Crippen LogP contribution is -2.45. The van der Waals surface area contributed by atoms with E-state index in [1.54, 1.807) is 6.07 Å². The Morgan fingerprint density at radius 2 is 1.53 bits per heavy atom. The Hall–Kier alpha value is -3.73. The zero-order valence-electron chi connectivity index (χ0n) is 19.7. The van der Waals surface area contributed by atoms with Gasteiger partial charge < -0.3 is 14.6 Å². The topological polar surface area (TPSA) is 122 Å². The Morgan fingerprint density at radius 1 is 0.972 bits per heavy atom. The highest BCUT2D eigenvalue weighted by Gasteiger charge is 2.35. The number of likely N-dealkylation sites (N-methyl/N-ethyl adjacent to an activating group) is 1. The van der Waals surface area contributed by atoms with Crippen LogP contribution < -0.4 is 5.32 Å².